The molecule has 0 aliphatic carbocycles. The summed E-state index contributed by atoms with van der Waals surface area (Å²) in [5, 5.41) is 0. The van der Waals surface area contributed by atoms with Gasteiger partial charge in [-0.25, -0.2) is 5.84 Å². The average molecular weight is 251 g/mol. The second-order valence-electron chi connectivity index (χ2n) is 0.970. The van der Waals surface area contributed by atoms with E-state index >= 15 is 0 Å². The third-order valence-corrected chi connectivity index (χ3v) is 0.928. The zero-order chi connectivity index (χ0) is 7.33. The van der Waals surface area contributed by atoms with Gasteiger partial charge < -0.3 is 0 Å². The molecule has 3 nitrogen and oxygen atoms in total. The van der Waals surface area contributed by atoms with Crippen LogP contribution in [0, 0.1) is 0 Å². The number of rotatable bonds is 3. The Balaban J connectivity index is 0. The quantitative estimate of drug-likeness (QED) is 0.333. The molecule has 10 heavy (non-hydrogen) atoms. The van der Waals surface area contributed by atoms with E-state index in [1.807, 2.05) is 0 Å². The molecule has 0 saturated carbocycles. The van der Waals surface area contributed by atoms with E-state index in [2.05, 4.69) is 10.7 Å². The molecule has 0 aliphatic heterocycles. The van der Waals surface area contributed by atoms with Crippen molar-refractivity contribution in [1.82, 2.24) is 5.59 Å². The summed E-state index contributed by atoms with van der Waals surface area (Å²) in [6.45, 7) is 0. The summed E-state index contributed by atoms with van der Waals surface area (Å²) in [6.07, 6.45) is 0. The van der Waals surface area contributed by atoms with Crippen molar-refractivity contribution in [2.45, 2.75) is 5.51 Å². The summed E-state index contributed by atoms with van der Waals surface area (Å²) < 4.78 is 33.6. The monoisotopic (exact) mass is 251 g/mol. The number of hydrogen-bond acceptors (Lipinski definition) is 4. The normalized spacial score (nSPS) is 10.8. The van der Waals surface area contributed by atoms with Crippen LogP contribution in [0.25, 0.3) is 0 Å². The van der Waals surface area contributed by atoms with Gasteiger partial charge in [0.25, 0.3) is 0 Å². The minimum atomic E-state index is -4.25. The van der Waals surface area contributed by atoms with Crippen molar-refractivity contribution < 1.29 is 50.7 Å². The van der Waals surface area contributed by atoms with Crippen LogP contribution in [0.3, 0.4) is 0 Å². The maximum atomic E-state index is 11.2. The predicted molar refractivity (Wildman–Crippen MR) is 26.9 cm³/mol. The molecule has 0 aliphatic rings. The average Bonchev–Trinajstić information content (AvgIpc) is 1.63. The molecule has 0 aromatic heterocycles. The molecule has 0 bridgehead atoms. The van der Waals surface area contributed by atoms with Crippen molar-refractivity contribution in [3.8, 4) is 0 Å². The van der Waals surface area contributed by atoms with E-state index in [1.54, 1.807) is 5.59 Å². The van der Waals surface area contributed by atoms with Gasteiger partial charge in [0, 0.05) is 32.7 Å². The molecular formula is C2H5F3N2OSY. The Morgan fingerprint density at radius 3 is 2.30 bits per heavy atom. The summed E-state index contributed by atoms with van der Waals surface area (Å²) >= 11 is -0.307. The van der Waals surface area contributed by atoms with E-state index < -0.39 is 11.4 Å². The Hall–Kier alpha value is 1.12. The zero-order valence-electron chi connectivity index (χ0n) is 4.81. The van der Waals surface area contributed by atoms with Crippen molar-refractivity contribution in [1.29, 1.82) is 0 Å². The molecule has 0 rings (SSSR count). The van der Waals surface area contributed by atoms with E-state index in [0.29, 0.717) is 0 Å². The fourth-order valence-electron chi connectivity index (χ4n) is 0.130. The van der Waals surface area contributed by atoms with Crippen molar-refractivity contribution in [3.63, 3.8) is 0 Å². The topological polar surface area (TPSA) is 47.3 Å². The van der Waals surface area contributed by atoms with Crippen LogP contribution in [0.15, 0.2) is 0 Å². The zero-order valence-corrected chi connectivity index (χ0v) is 8.47. The molecule has 0 saturated heterocycles. The number of thioether (sulfide) groups is 1. The van der Waals surface area contributed by atoms with Crippen molar-refractivity contribution >= 4 is 11.8 Å². The van der Waals surface area contributed by atoms with Gasteiger partial charge in [0.2, 0.25) is 0 Å². The van der Waals surface area contributed by atoms with Gasteiger partial charge in [0.15, 0.2) is 0 Å². The van der Waals surface area contributed by atoms with Gasteiger partial charge in [-0.1, -0.05) is 0 Å². The van der Waals surface area contributed by atoms with Gasteiger partial charge in [0.1, 0.15) is 5.94 Å². The molecule has 0 unspecified atom stereocenters. The smallest absolute Gasteiger partial charge is 0.276 e. The van der Waals surface area contributed by atoms with E-state index in [9.17, 15) is 13.2 Å². The standard InChI is InChI=1S/C2H5F3N2OS.Y/c3-2(4,5)9-1-8-7-6;/h7H,1,6H2;. The molecule has 0 heterocycles. The first-order valence-electron chi connectivity index (χ1n) is 1.84. The van der Waals surface area contributed by atoms with Crippen LogP contribution < -0.4 is 11.4 Å². The molecule has 0 fully saturated rings. The summed E-state index contributed by atoms with van der Waals surface area (Å²) in [4.78, 5) is 3.98. The number of nitrogens with one attached hydrogen (secondary N) is 1. The minimum Gasteiger partial charge on any atom is -0.276 e. The number of halogens is 3. The molecule has 8 heteroatoms. The minimum absolute atomic E-state index is 0. The van der Waals surface area contributed by atoms with E-state index in [1.165, 1.54) is 0 Å². The maximum absolute atomic E-state index is 11.2. The van der Waals surface area contributed by atoms with Crippen LogP contribution in [0.4, 0.5) is 13.2 Å². The van der Waals surface area contributed by atoms with Gasteiger partial charge in [0.05, 0.1) is 0 Å². The van der Waals surface area contributed by atoms with Crippen LogP contribution in [0.2, 0.25) is 0 Å². The molecule has 0 spiro atoms. The van der Waals surface area contributed by atoms with Gasteiger partial charge in [-0.3, -0.25) is 4.84 Å². The summed E-state index contributed by atoms with van der Waals surface area (Å²) in [5.41, 5.74) is -2.63. The molecule has 59 valence electrons. The van der Waals surface area contributed by atoms with Crippen LogP contribution in [-0.4, -0.2) is 11.4 Å². The van der Waals surface area contributed by atoms with Crippen molar-refractivity contribution in [2.75, 3.05) is 5.94 Å². The van der Waals surface area contributed by atoms with Gasteiger partial charge >= 0.3 is 5.51 Å². The Kier molecular flexibility index (Phi) is 9.33. The van der Waals surface area contributed by atoms with Crippen LogP contribution in [0.1, 0.15) is 0 Å². The Bertz CT molecular complexity index is 81.4. The van der Waals surface area contributed by atoms with E-state index in [4.69, 9.17) is 0 Å². The summed E-state index contributed by atoms with van der Waals surface area (Å²) in [7, 11) is 0. The third-order valence-electron chi connectivity index (χ3n) is 0.365. The molecular weight excluding hydrogens is 246 g/mol. The SMILES string of the molecule is NNOCSC(F)(F)F.[Y]. The van der Waals surface area contributed by atoms with E-state index in [-0.39, 0.29) is 44.5 Å². The van der Waals surface area contributed by atoms with Gasteiger partial charge in [-0.05, 0) is 11.8 Å². The largest absolute Gasteiger partial charge is 0.444 e. The second-order valence-corrected chi connectivity index (χ2v) is 1.96. The molecule has 0 aromatic carbocycles. The number of hydrogen-bond donors (Lipinski definition) is 2. The third kappa shape index (κ3) is 11.9. The fraction of sp³-hybridized carbons (Fsp3) is 1.00. The van der Waals surface area contributed by atoms with Gasteiger partial charge in [-0.2, -0.15) is 13.2 Å². The van der Waals surface area contributed by atoms with Gasteiger partial charge in [-0.15, -0.1) is 5.59 Å². The number of nitrogens with two attached hydrogens (primary N) is 1. The molecule has 1 radical (unpaired) electrons. The summed E-state index contributed by atoms with van der Waals surface area (Å²) in [6, 6.07) is 0. The van der Waals surface area contributed by atoms with Crippen molar-refractivity contribution in [3.05, 3.63) is 0 Å². The Morgan fingerprint density at radius 1 is 1.50 bits per heavy atom. The molecule has 0 amide bonds. The Morgan fingerprint density at radius 2 is 2.00 bits per heavy atom. The molecule has 0 aromatic rings. The first kappa shape index (κ1) is 13.7. The molecule has 0 atom stereocenters. The Labute approximate surface area is 85.0 Å². The number of alkyl halides is 3. The number of hydrazine groups is 1. The predicted octanol–water partition coefficient (Wildman–Crippen LogP) is 0.589. The maximum Gasteiger partial charge on any atom is 0.444 e. The fourth-order valence-corrected chi connectivity index (χ4v) is 0.391. The second kappa shape index (κ2) is 6.81. The summed E-state index contributed by atoms with van der Waals surface area (Å²) in [5.74, 6) is 3.96. The van der Waals surface area contributed by atoms with Crippen molar-refractivity contribution in [2.24, 2.45) is 5.84 Å². The molecule has 3 N–H and O–H groups in total. The van der Waals surface area contributed by atoms with Crippen LogP contribution in [-0.2, 0) is 37.5 Å². The first-order chi connectivity index (χ1) is 4.06. The van der Waals surface area contributed by atoms with Crippen LogP contribution >= 0.6 is 11.8 Å². The van der Waals surface area contributed by atoms with E-state index in [0.717, 1.165) is 0 Å². The van der Waals surface area contributed by atoms with Crippen LogP contribution in [0.5, 0.6) is 0 Å². The first-order valence-corrected chi connectivity index (χ1v) is 2.83.